The van der Waals surface area contributed by atoms with E-state index in [0.717, 1.165) is 22.3 Å². The maximum Gasteiger partial charge on any atom is 0.313 e. The van der Waals surface area contributed by atoms with Crippen LogP contribution in [-0.2, 0) is 28.7 Å². The summed E-state index contributed by atoms with van der Waals surface area (Å²) in [5.41, 5.74) is 0.102. The molecule has 0 unspecified atom stereocenters. The first-order chi connectivity index (χ1) is 19.5. The molecule has 2 aromatic rings. The van der Waals surface area contributed by atoms with Crippen LogP contribution in [0.15, 0.2) is 36.4 Å². The summed E-state index contributed by atoms with van der Waals surface area (Å²) in [6.45, 7) is 15.4. The Morgan fingerprint density at radius 3 is 1.24 bits per heavy atom. The molecule has 4 bridgehead atoms. The third kappa shape index (κ3) is 3.24. The van der Waals surface area contributed by atoms with Crippen molar-refractivity contribution in [1.29, 1.82) is 0 Å². The van der Waals surface area contributed by atoms with Crippen LogP contribution in [0.1, 0.15) is 78.4 Å². The Balaban J connectivity index is 1.19. The Bertz CT molecular complexity index is 1470. The van der Waals surface area contributed by atoms with Gasteiger partial charge < -0.3 is 20.1 Å². The molecule has 2 saturated carbocycles. The molecule has 2 aromatic carbocycles. The zero-order chi connectivity index (χ0) is 30.7. The first-order valence-corrected chi connectivity index (χ1v) is 14.8. The number of rotatable bonds is 5. The van der Waals surface area contributed by atoms with Crippen LogP contribution in [0, 0.1) is 35.5 Å². The number of hydrogen-bond acceptors (Lipinski definition) is 6. The lowest BCUT2D eigenvalue weighted by Crippen LogP contribution is -2.50. The SMILES string of the molecule is Cc1cc(-c2ccc(NC(=O)[C@]34CC[C@](C)(C(=O)O3)C4(C)C)c(C)c2)ccc1NC(=O)[C@]12CC[C@](C)(C(=O)O1)C2(C)C. The quantitative estimate of drug-likeness (QED) is 0.420. The summed E-state index contributed by atoms with van der Waals surface area (Å²) in [7, 11) is 0. The van der Waals surface area contributed by atoms with Crippen molar-refractivity contribution in [2.45, 2.75) is 92.3 Å². The Morgan fingerprint density at radius 1 is 0.619 bits per heavy atom. The van der Waals surface area contributed by atoms with Gasteiger partial charge in [-0.1, -0.05) is 39.8 Å². The molecule has 8 nitrogen and oxygen atoms in total. The second kappa shape index (κ2) is 8.45. The first-order valence-electron chi connectivity index (χ1n) is 14.8. The Labute approximate surface area is 246 Å². The largest absolute Gasteiger partial charge is 0.448 e. The van der Waals surface area contributed by atoms with Gasteiger partial charge in [0.05, 0.1) is 10.8 Å². The van der Waals surface area contributed by atoms with Crippen LogP contribution >= 0.6 is 0 Å². The number of anilines is 2. The molecule has 2 heterocycles. The summed E-state index contributed by atoms with van der Waals surface area (Å²) < 4.78 is 11.5. The lowest BCUT2D eigenvalue weighted by Gasteiger charge is -2.35. The Kier molecular flexibility index (Phi) is 5.72. The summed E-state index contributed by atoms with van der Waals surface area (Å²) in [6.07, 6.45) is 2.27. The normalized spacial score (nSPS) is 33.3. The minimum atomic E-state index is -1.18. The van der Waals surface area contributed by atoms with E-state index in [2.05, 4.69) is 10.6 Å². The molecule has 222 valence electrons. The third-order valence-electron chi connectivity index (χ3n) is 12.2. The fourth-order valence-electron chi connectivity index (χ4n) is 7.91. The van der Waals surface area contributed by atoms with Crippen molar-refractivity contribution >= 4 is 35.1 Å². The van der Waals surface area contributed by atoms with E-state index in [1.165, 1.54) is 0 Å². The molecule has 4 fully saturated rings. The van der Waals surface area contributed by atoms with Gasteiger partial charge in [0, 0.05) is 22.2 Å². The average Bonchev–Trinajstić information content (AvgIpc) is 3.39. The van der Waals surface area contributed by atoms with Gasteiger partial charge in [-0.3, -0.25) is 19.2 Å². The van der Waals surface area contributed by atoms with Crippen molar-refractivity contribution in [1.82, 2.24) is 0 Å². The summed E-state index contributed by atoms with van der Waals surface area (Å²) >= 11 is 0. The number of benzene rings is 2. The van der Waals surface area contributed by atoms with Crippen LogP contribution in [0.25, 0.3) is 11.1 Å². The topological polar surface area (TPSA) is 111 Å². The second-order valence-electron chi connectivity index (χ2n) is 14.3. The van der Waals surface area contributed by atoms with Gasteiger partial charge in [0.15, 0.2) is 11.2 Å². The minimum absolute atomic E-state index is 0.285. The van der Waals surface area contributed by atoms with E-state index in [1.54, 1.807) is 0 Å². The molecule has 0 radical (unpaired) electrons. The fraction of sp³-hybridized carbons (Fsp3) is 0.529. The maximum atomic E-state index is 13.5. The smallest absolute Gasteiger partial charge is 0.313 e. The lowest BCUT2D eigenvalue weighted by molar-refractivity contribution is -0.166. The number of amides is 2. The highest BCUT2D eigenvalue weighted by Gasteiger charge is 2.76. The van der Waals surface area contributed by atoms with Crippen LogP contribution in [0.2, 0.25) is 0 Å². The fourth-order valence-corrected chi connectivity index (χ4v) is 7.91. The van der Waals surface area contributed by atoms with Crippen molar-refractivity contribution in [3.05, 3.63) is 47.5 Å². The first kappa shape index (κ1) is 28.4. The van der Waals surface area contributed by atoms with Gasteiger partial charge >= 0.3 is 11.9 Å². The van der Waals surface area contributed by atoms with Crippen LogP contribution in [0.3, 0.4) is 0 Å². The van der Waals surface area contributed by atoms with Gasteiger partial charge in [-0.15, -0.1) is 0 Å². The zero-order valence-electron chi connectivity index (χ0n) is 25.7. The molecule has 42 heavy (non-hydrogen) atoms. The van der Waals surface area contributed by atoms with E-state index in [-0.39, 0.29) is 23.8 Å². The maximum absolute atomic E-state index is 13.5. The standard InChI is InChI=1S/C34H40N2O6/c1-19-17-21(9-11-23(19)35-25(37)33-15-13-31(7,27(39)41-33)29(33,3)4)22-10-12-24(20(2)18-22)36-26(38)34-16-14-32(8,28(40)42-34)30(34,5)6/h9-12,17-18H,13-16H2,1-8H3,(H,35,37)(H,36,38)/t31-,32-,33+,34+/m1/s1. The molecular formula is C34H40N2O6. The molecule has 0 spiro atoms. The highest BCUT2D eigenvalue weighted by atomic mass is 16.6. The molecule has 8 heteroatoms. The number of ether oxygens (including phenoxy) is 2. The van der Waals surface area contributed by atoms with Gasteiger partial charge in [-0.25, -0.2) is 0 Å². The van der Waals surface area contributed by atoms with Crippen LogP contribution < -0.4 is 10.6 Å². The van der Waals surface area contributed by atoms with Crippen LogP contribution in [0.4, 0.5) is 11.4 Å². The third-order valence-corrected chi connectivity index (χ3v) is 12.2. The van der Waals surface area contributed by atoms with Crippen molar-refractivity contribution < 1.29 is 28.7 Å². The zero-order valence-corrected chi connectivity index (χ0v) is 25.7. The van der Waals surface area contributed by atoms with Gasteiger partial charge in [-0.05, 0) is 99.9 Å². The molecular weight excluding hydrogens is 532 g/mol. The number of carbonyl (C=O) groups is 4. The predicted molar refractivity (Wildman–Crippen MR) is 159 cm³/mol. The number of carbonyl (C=O) groups excluding carboxylic acids is 4. The molecule has 6 rings (SSSR count). The number of nitrogens with one attached hydrogen (secondary N) is 2. The summed E-state index contributed by atoms with van der Waals surface area (Å²) in [6, 6.07) is 11.6. The summed E-state index contributed by atoms with van der Waals surface area (Å²) in [5, 5.41) is 6.07. The highest BCUT2D eigenvalue weighted by Crippen LogP contribution is 2.66. The Hall–Kier alpha value is -3.68. The number of hydrogen-bond donors (Lipinski definition) is 2. The molecule has 2 aliphatic heterocycles. The van der Waals surface area contributed by atoms with Gasteiger partial charge in [0.2, 0.25) is 0 Å². The van der Waals surface area contributed by atoms with E-state index >= 15 is 0 Å². The molecule has 2 saturated heterocycles. The molecule has 4 atom stereocenters. The van der Waals surface area contributed by atoms with Crippen molar-refractivity contribution in [2.75, 3.05) is 10.6 Å². The van der Waals surface area contributed by atoms with E-state index in [4.69, 9.17) is 9.47 Å². The minimum Gasteiger partial charge on any atom is -0.448 e. The molecule has 2 N–H and O–H groups in total. The number of esters is 2. The van der Waals surface area contributed by atoms with Gasteiger partial charge in [-0.2, -0.15) is 0 Å². The van der Waals surface area contributed by atoms with E-state index < -0.39 is 32.9 Å². The van der Waals surface area contributed by atoms with Gasteiger partial charge in [0.1, 0.15) is 0 Å². The summed E-state index contributed by atoms with van der Waals surface area (Å²) in [4.78, 5) is 52.3. The second-order valence-corrected chi connectivity index (χ2v) is 14.3. The van der Waals surface area contributed by atoms with Gasteiger partial charge in [0.25, 0.3) is 11.8 Å². The van der Waals surface area contributed by atoms with Crippen molar-refractivity contribution in [3.63, 3.8) is 0 Å². The molecule has 2 amide bonds. The lowest BCUT2D eigenvalue weighted by atomic mass is 9.66. The Morgan fingerprint density at radius 2 is 0.976 bits per heavy atom. The van der Waals surface area contributed by atoms with E-state index in [9.17, 15) is 19.2 Å². The summed E-state index contributed by atoms with van der Waals surface area (Å²) in [5.74, 6) is -1.17. The molecule has 2 aliphatic carbocycles. The average molecular weight is 573 g/mol. The number of aryl methyl sites for hydroxylation is 2. The van der Waals surface area contributed by atoms with Crippen LogP contribution in [0.5, 0.6) is 0 Å². The van der Waals surface area contributed by atoms with E-state index in [1.807, 2.05) is 91.8 Å². The number of fused-ring (bicyclic) bond motifs is 4. The molecule has 0 aromatic heterocycles. The predicted octanol–water partition coefficient (Wildman–Crippen LogP) is 6.09. The monoisotopic (exact) mass is 572 g/mol. The molecule has 4 aliphatic rings. The van der Waals surface area contributed by atoms with Crippen molar-refractivity contribution in [2.24, 2.45) is 21.7 Å². The van der Waals surface area contributed by atoms with E-state index in [0.29, 0.717) is 37.1 Å². The highest BCUT2D eigenvalue weighted by molar-refractivity contribution is 6.05. The van der Waals surface area contributed by atoms with Crippen molar-refractivity contribution in [3.8, 4) is 11.1 Å². The van der Waals surface area contributed by atoms with Crippen LogP contribution in [-0.4, -0.2) is 35.0 Å².